The van der Waals surface area contributed by atoms with Crippen molar-refractivity contribution in [2.24, 2.45) is 0 Å². The summed E-state index contributed by atoms with van der Waals surface area (Å²) in [6.45, 7) is 0. The summed E-state index contributed by atoms with van der Waals surface area (Å²) in [7, 11) is 3.05. The van der Waals surface area contributed by atoms with Crippen LogP contribution in [0.3, 0.4) is 0 Å². The molecule has 0 unspecified atom stereocenters. The lowest BCUT2D eigenvalue weighted by molar-refractivity contribution is 0.0739. The number of allylic oxidation sites excluding steroid dienone is 1. The first-order valence-electron chi connectivity index (χ1n) is 8.41. The summed E-state index contributed by atoms with van der Waals surface area (Å²) in [6, 6.07) is 15.5. The van der Waals surface area contributed by atoms with Gasteiger partial charge in [0, 0.05) is 6.07 Å². The molecule has 1 aromatic heterocycles. The minimum atomic E-state index is -0.407. The number of thiophene rings is 1. The zero-order valence-corrected chi connectivity index (χ0v) is 16.2. The van der Waals surface area contributed by atoms with Gasteiger partial charge in [-0.1, -0.05) is 24.3 Å². The first-order chi connectivity index (χ1) is 13.6. The van der Waals surface area contributed by atoms with Gasteiger partial charge in [0.15, 0.2) is 5.78 Å². The Morgan fingerprint density at radius 1 is 0.929 bits per heavy atom. The fourth-order valence-corrected chi connectivity index (χ4v) is 3.10. The largest absolute Gasteiger partial charge is 0.497 e. The number of methoxy groups -OCH3 is 2. The van der Waals surface area contributed by atoms with Crippen LogP contribution in [0.5, 0.6) is 17.2 Å². The van der Waals surface area contributed by atoms with E-state index in [-0.39, 0.29) is 5.78 Å². The number of benzene rings is 2. The van der Waals surface area contributed by atoms with Crippen molar-refractivity contribution in [3.05, 3.63) is 82.1 Å². The summed E-state index contributed by atoms with van der Waals surface area (Å²) in [5.41, 5.74) is 1.16. The summed E-state index contributed by atoms with van der Waals surface area (Å²) < 4.78 is 15.8. The van der Waals surface area contributed by atoms with E-state index in [4.69, 9.17) is 14.2 Å². The average Bonchev–Trinajstić information content (AvgIpc) is 3.27. The van der Waals surface area contributed by atoms with E-state index in [0.29, 0.717) is 27.7 Å². The van der Waals surface area contributed by atoms with E-state index in [1.54, 1.807) is 61.7 Å². The fourth-order valence-electron chi connectivity index (χ4n) is 2.50. The third-order valence-electron chi connectivity index (χ3n) is 3.89. The lowest BCUT2D eigenvalue weighted by atomic mass is 10.1. The van der Waals surface area contributed by atoms with Crippen LogP contribution < -0.4 is 14.2 Å². The van der Waals surface area contributed by atoms with Gasteiger partial charge in [0.25, 0.3) is 0 Å². The zero-order chi connectivity index (χ0) is 19.9. The van der Waals surface area contributed by atoms with Gasteiger partial charge in [-0.3, -0.25) is 4.79 Å². The summed E-state index contributed by atoms with van der Waals surface area (Å²) >= 11 is 1.32. The molecule has 5 nitrogen and oxygen atoms in total. The predicted octanol–water partition coefficient (Wildman–Crippen LogP) is 4.88. The SMILES string of the molecule is COc1ccc(C(=O)/C=C/c2cccc(OC(=O)c3cccs3)c2)c(OC)c1. The molecule has 6 heteroatoms. The molecule has 0 saturated carbocycles. The number of carbonyl (C=O) groups is 2. The molecule has 2 aromatic carbocycles. The minimum absolute atomic E-state index is 0.208. The number of ketones is 1. The van der Waals surface area contributed by atoms with Gasteiger partial charge < -0.3 is 14.2 Å². The standard InChI is InChI=1S/C22H18O5S/c1-25-16-9-10-18(20(14-16)26-2)19(23)11-8-15-5-3-6-17(13-15)27-22(24)21-7-4-12-28-21/h3-14H,1-2H3/b11-8+. The Labute approximate surface area is 166 Å². The molecule has 3 aromatic rings. The number of hydrogen-bond donors (Lipinski definition) is 0. The Bertz CT molecular complexity index is 1010. The molecular formula is C22H18O5S. The Hall–Kier alpha value is -3.38. The second-order valence-corrected chi connectivity index (χ2v) is 6.65. The van der Waals surface area contributed by atoms with Crippen molar-refractivity contribution in [2.45, 2.75) is 0 Å². The van der Waals surface area contributed by atoms with Crippen LogP contribution in [0.15, 0.2) is 66.1 Å². The van der Waals surface area contributed by atoms with Crippen molar-refractivity contribution in [2.75, 3.05) is 14.2 Å². The van der Waals surface area contributed by atoms with Gasteiger partial charge in [0.2, 0.25) is 0 Å². The van der Waals surface area contributed by atoms with Crippen LogP contribution in [0.1, 0.15) is 25.6 Å². The number of ether oxygens (including phenoxy) is 3. The molecule has 0 aliphatic rings. The first kappa shape index (κ1) is 19.4. The van der Waals surface area contributed by atoms with Crippen LogP contribution in [-0.4, -0.2) is 26.0 Å². The van der Waals surface area contributed by atoms with Crippen molar-refractivity contribution in [3.8, 4) is 17.2 Å². The molecule has 0 fully saturated rings. The van der Waals surface area contributed by atoms with E-state index >= 15 is 0 Å². The molecule has 28 heavy (non-hydrogen) atoms. The minimum Gasteiger partial charge on any atom is -0.497 e. The van der Waals surface area contributed by atoms with Crippen molar-refractivity contribution < 1.29 is 23.8 Å². The lowest BCUT2D eigenvalue weighted by Gasteiger charge is -2.08. The fraction of sp³-hybridized carbons (Fsp3) is 0.0909. The van der Waals surface area contributed by atoms with Crippen LogP contribution in [0.2, 0.25) is 0 Å². The maximum atomic E-state index is 12.5. The van der Waals surface area contributed by atoms with E-state index < -0.39 is 5.97 Å². The Balaban J connectivity index is 1.74. The van der Waals surface area contributed by atoms with Crippen LogP contribution in [0.25, 0.3) is 6.08 Å². The average molecular weight is 394 g/mol. The lowest BCUT2D eigenvalue weighted by Crippen LogP contribution is -2.06. The van der Waals surface area contributed by atoms with Crippen LogP contribution in [0, 0.1) is 0 Å². The normalized spacial score (nSPS) is 10.6. The maximum absolute atomic E-state index is 12.5. The summed E-state index contributed by atoms with van der Waals surface area (Å²) in [5, 5.41) is 1.81. The maximum Gasteiger partial charge on any atom is 0.353 e. The molecule has 0 atom stereocenters. The molecule has 0 bridgehead atoms. The molecule has 0 radical (unpaired) electrons. The molecule has 0 aliphatic heterocycles. The van der Waals surface area contributed by atoms with Crippen molar-refractivity contribution >= 4 is 29.2 Å². The van der Waals surface area contributed by atoms with E-state index in [1.807, 2.05) is 11.4 Å². The van der Waals surface area contributed by atoms with Crippen LogP contribution >= 0.6 is 11.3 Å². The van der Waals surface area contributed by atoms with Gasteiger partial charge >= 0.3 is 5.97 Å². The molecule has 0 aliphatic carbocycles. The van der Waals surface area contributed by atoms with Gasteiger partial charge in [-0.25, -0.2) is 4.79 Å². The number of esters is 1. The van der Waals surface area contributed by atoms with Gasteiger partial charge in [0.1, 0.15) is 22.1 Å². The van der Waals surface area contributed by atoms with Gasteiger partial charge in [0.05, 0.1) is 19.8 Å². The van der Waals surface area contributed by atoms with E-state index in [1.165, 1.54) is 24.5 Å². The summed E-state index contributed by atoms with van der Waals surface area (Å²) in [6.07, 6.45) is 3.11. The molecular weight excluding hydrogens is 376 g/mol. The second-order valence-electron chi connectivity index (χ2n) is 5.70. The predicted molar refractivity (Wildman–Crippen MR) is 109 cm³/mol. The second kappa shape index (κ2) is 9.01. The molecule has 1 heterocycles. The van der Waals surface area contributed by atoms with E-state index in [2.05, 4.69) is 0 Å². The van der Waals surface area contributed by atoms with Crippen molar-refractivity contribution in [1.82, 2.24) is 0 Å². The molecule has 3 rings (SSSR count). The first-order valence-corrected chi connectivity index (χ1v) is 9.29. The summed E-state index contributed by atoms with van der Waals surface area (Å²) in [5.74, 6) is 0.843. The van der Waals surface area contributed by atoms with E-state index in [9.17, 15) is 9.59 Å². The highest BCUT2D eigenvalue weighted by molar-refractivity contribution is 7.12. The highest BCUT2D eigenvalue weighted by Gasteiger charge is 2.11. The van der Waals surface area contributed by atoms with Crippen molar-refractivity contribution in [1.29, 1.82) is 0 Å². The molecule has 0 spiro atoms. The van der Waals surface area contributed by atoms with Gasteiger partial charge in [-0.2, -0.15) is 0 Å². The third kappa shape index (κ3) is 4.66. The molecule has 0 saturated heterocycles. The van der Waals surface area contributed by atoms with Crippen molar-refractivity contribution in [3.63, 3.8) is 0 Å². The number of hydrogen-bond acceptors (Lipinski definition) is 6. The quantitative estimate of drug-likeness (QED) is 0.247. The van der Waals surface area contributed by atoms with Gasteiger partial charge in [-0.15, -0.1) is 11.3 Å². The van der Waals surface area contributed by atoms with Crippen LogP contribution in [0.4, 0.5) is 0 Å². The monoisotopic (exact) mass is 394 g/mol. The molecule has 0 amide bonds. The third-order valence-corrected chi connectivity index (χ3v) is 4.74. The Kier molecular flexibility index (Phi) is 6.24. The highest BCUT2D eigenvalue weighted by atomic mass is 32.1. The topological polar surface area (TPSA) is 61.8 Å². The van der Waals surface area contributed by atoms with E-state index in [0.717, 1.165) is 5.56 Å². The molecule has 142 valence electrons. The van der Waals surface area contributed by atoms with Crippen LogP contribution in [-0.2, 0) is 0 Å². The number of carbonyl (C=O) groups excluding carboxylic acids is 2. The smallest absolute Gasteiger partial charge is 0.353 e. The Morgan fingerprint density at radius 2 is 1.79 bits per heavy atom. The Morgan fingerprint density at radius 3 is 2.50 bits per heavy atom. The molecule has 0 N–H and O–H groups in total. The number of rotatable bonds is 7. The zero-order valence-electron chi connectivity index (χ0n) is 15.4. The highest BCUT2D eigenvalue weighted by Crippen LogP contribution is 2.25. The van der Waals surface area contributed by atoms with Gasteiger partial charge in [-0.05, 0) is 47.4 Å². The summed E-state index contributed by atoms with van der Waals surface area (Å²) in [4.78, 5) is 25.1.